The van der Waals surface area contributed by atoms with Crippen LogP contribution in [0.3, 0.4) is 0 Å². The van der Waals surface area contributed by atoms with Crippen molar-refractivity contribution < 1.29 is 29.2 Å². The molecule has 2 saturated heterocycles. The van der Waals surface area contributed by atoms with E-state index in [9.17, 15) is 5.11 Å². The molecule has 0 saturated carbocycles. The summed E-state index contributed by atoms with van der Waals surface area (Å²) in [6.45, 7) is 3.20. The number of fused-ring (bicyclic) bond motifs is 1. The molecule has 2 aliphatic heterocycles. The maximum absolute atomic E-state index is 9.62. The second-order valence-electron chi connectivity index (χ2n) is 4.52. The molecule has 0 aromatic rings. The minimum atomic E-state index is -0.995. The van der Waals surface area contributed by atoms with Crippen LogP contribution in [0.2, 0.25) is 0 Å². The van der Waals surface area contributed by atoms with Gasteiger partial charge in [-0.25, -0.2) is 0 Å². The molecule has 94 valence electrons. The highest BCUT2D eigenvalue weighted by atomic mass is 16.8. The Kier molecular flexibility index (Phi) is 3.22. The van der Waals surface area contributed by atoms with Crippen LogP contribution in [0.1, 0.15) is 13.8 Å². The van der Waals surface area contributed by atoms with Crippen LogP contribution < -0.4 is 0 Å². The van der Waals surface area contributed by atoms with E-state index in [2.05, 4.69) is 0 Å². The van der Waals surface area contributed by atoms with Crippen LogP contribution in [-0.4, -0.2) is 60.4 Å². The fraction of sp³-hybridized carbons (Fsp3) is 1.00. The van der Waals surface area contributed by atoms with Gasteiger partial charge in [-0.15, -0.1) is 0 Å². The standard InChI is InChI=1S/C10H18O6/c1-10(2)15-7-6(5(12)4-11)14-9(13-3)8(7)16-10/h5-9,11-12H,4H2,1-3H3/t5?,6?,7-,8-,9?/m1/s1. The van der Waals surface area contributed by atoms with E-state index < -0.39 is 30.4 Å². The SMILES string of the molecule is COC1OC(C(O)CO)[C@H]2OC(C)(C)O[C@@H]12. The summed E-state index contributed by atoms with van der Waals surface area (Å²) in [5, 5.41) is 18.6. The first-order valence-electron chi connectivity index (χ1n) is 5.31. The quantitative estimate of drug-likeness (QED) is 0.668. The maximum atomic E-state index is 9.62. The van der Waals surface area contributed by atoms with E-state index in [0.29, 0.717) is 0 Å². The van der Waals surface area contributed by atoms with Gasteiger partial charge in [0.2, 0.25) is 0 Å². The van der Waals surface area contributed by atoms with Gasteiger partial charge >= 0.3 is 0 Å². The Bertz CT molecular complexity index is 256. The van der Waals surface area contributed by atoms with Crippen molar-refractivity contribution in [2.24, 2.45) is 0 Å². The number of hydrogen-bond acceptors (Lipinski definition) is 6. The van der Waals surface area contributed by atoms with Crippen LogP contribution in [0.4, 0.5) is 0 Å². The lowest BCUT2D eigenvalue weighted by molar-refractivity contribution is -0.238. The molecular formula is C10H18O6. The van der Waals surface area contributed by atoms with E-state index in [1.807, 2.05) is 0 Å². The Balaban J connectivity index is 2.14. The Hall–Kier alpha value is -0.240. The number of ether oxygens (including phenoxy) is 4. The van der Waals surface area contributed by atoms with E-state index >= 15 is 0 Å². The first-order chi connectivity index (χ1) is 7.48. The monoisotopic (exact) mass is 234 g/mol. The molecule has 2 rings (SSSR count). The molecule has 3 unspecified atom stereocenters. The topological polar surface area (TPSA) is 77.4 Å². The predicted octanol–water partition coefficient (Wildman–Crippen LogP) is -0.769. The molecule has 6 nitrogen and oxygen atoms in total. The summed E-state index contributed by atoms with van der Waals surface area (Å²) in [6.07, 6.45) is -2.97. The highest BCUT2D eigenvalue weighted by Gasteiger charge is 2.57. The molecule has 5 atom stereocenters. The minimum absolute atomic E-state index is 0.369. The van der Waals surface area contributed by atoms with Crippen LogP contribution in [-0.2, 0) is 18.9 Å². The number of aliphatic hydroxyl groups excluding tert-OH is 2. The highest BCUT2D eigenvalue weighted by molar-refractivity contribution is 4.97. The van der Waals surface area contributed by atoms with E-state index in [1.165, 1.54) is 7.11 Å². The Morgan fingerprint density at radius 1 is 1.31 bits per heavy atom. The zero-order chi connectivity index (χ0) is 11.9. The molecular weight excluding hydrogens is 216 g/mol. The molecule has 0 bridgehead atoms. The molecule has 0 amide bonds. The molecule has 0 spiro atoms. The minimum Gasteiger partial charge on any atom is -0.394 e. The van der Waals surface area contributed by atoms with Crippen LogP contribution in [0.25, 0.3) is 0 Å². The van der Waals surface area contributed by atoms with Crippen LogP contribution in [0.15, 0.2) is 0 Å². The summed E-state index contributed by atoms with van der Waals surface area (Å²) < 4.78 is 21.8. The Labute approximate surface area is 94.1 Å². The van der Waals surface area contributed by atoms with Crippen LogP contribution >= 0.6 is 0 Å². The van der Waals surface area contributed by atoms with E-state index in [0.717, 1.165) is 0 Å². The molecule has 16 heavy (non-hydrogen) atoms. The normalized spacial score (nSPS) is 43.3. The third kappa shape index (κ3) is 1.97. The summed E-state index contributed by atoms with van der Waals surface area (Å²) in [6, 6.07) is 0. The van der Waals surface area contributed by atoms with Gasteiger partial charge in [-0.3, -0.25) is 0 Å². The van der Waals surface area contributed by atoms with Crippen molar-refractivity contribution in [3.8, 4) is 0 Å². The van der Waals surface area contributed by atoms with Crippen LogP contribution in [0.5, 0.6) is 0 Å². The smallest absolute Gasteiger partial charge is 0.186 e. The zero-order valence-corrected chi connectivity index (χ0v) is 9.62. The van der Waals surface area contributed by atoms with Gasteiger partial charge in [0.1, 0.15) is 24.4 Å². The lowest BCUT2D eigenvalue weighted by Gasteiger charge is -2.25. The summed E-state index contributed by atoms with van der Waals surface area (Å²) in [7, 11) is 1.50. The number of aliphatic hydroxyl groups is 2. The average Bonchev–Trinajstić information content (AvgIpc) is 2.69. The number of rotatable bonds is 3. The molecule has 0 radical (unpaired) electrons. The molecule has 2 fully saturated rings. The van der Waals surface area contributed by atoms with Crippen molar-refractivity contribution >= 4 is 0 Å². The number of methoxy groups -OCH3 is 1. The third-order valence-electron chi connectivity index (χ3n) is 2.85. The second kappa shape index (κ2) is 4.21. The predicted molar refractivity (Wildman–Crippen MR) is 52.6 cm³/mol. The lowest BCUT2D eigenvalue weighted by atomic mass is 10.1. The average molecular weight is 234 g/mol. The summed E-state index contributed by atoms with van der Waals surface area (Å²) >= 11 is 0. The fourth-order valence-corrected chi connectivity index (χ4v) is 2.19. The van der Waals surface area contributed by atoms with Crippen molar-refractivity contribution in [3.05, 3.63) is 0 Å². The van der Waals surface area contributed by atoms with Gasteiger partial charge in [-0.2, -0.15) is 0 Å². The molecule has 2 aliphatic rings. The van der Waals surface area contributed by atoms with Gasteiger partial charge in [-0.1, -0.05) is 0 Å². The van der Waals surface area contributed by atoms with E-state index in [1.54, 1.807) is 13.8 Å². The van der Waals surface area contributed by atoms with Crippen molar-refractivity contribution in [2.75, 3.05) is 13.7 Å². The fourth-order valence-electron chi connectivity index (χ4n) is 2.19. The Morgan fingerprint density at radius 3 is 2.50 bits per heavy atom. The first kappa shape index (κ1) is 12.2. The van der Waals surface area contributed by atoms with Gasteiger partial charge < -0.3 is 29.2 Å². The molecule has 0 aliphatic carbocycles. The van der Waals surface area contributed by atoms with Crippen molar-refractivity contribution in [2.45, 2.75) is 50.3 Å². The molecule has 2 heterocycles. The number of hydrogen-bond donors (Lipinski definition) is 2. The van der Waals surface area contributed by atoms with E-state index in [-0.39, 0.29) is 12.7 Å². The molecule has 0 aromatic carbocycles. The lowest BCUT2D eigenvalue weighted by Crippen LogP contribution is -2.40. The Morgan fingerprint density at radius 2 is 1.94 bits per heavy atom. The summed E-state index contributed by atoms with van der Waals surface area (Å²) in [5.74, 6) is -0.719. The van der Waals surface area contributed by atoms with Crippen molar-refractivity contribution in [3.63, 3.8) is 0 Å². The second-order valence-corrected chi connectivity index (χ2v) is 4.52. The van der Waals surface area contributed by atoms with Gasteiger partial charge in [0.15, 0.2) is 12.1 Å². The van der Waals surface area contributed by atoms with Gasteiger partial charge in [-0.05, 0) is 13.8 Å². The van der Waals surface area contributed by atoms with Gasteiger partial charge in [0, 0.05) is 7.11 Å². The highest BCUT2D eigenvalue weighted by Crippen LogP contribution is 2.39. The summed E-state index contributed by atoms with van der Waals surface area (Å²) in [5.41, 5.74) is 0. The summed E-state index contributed by atoms with van der Waals surface area (Å²) in [4.78, 5) is 0. The maximum Gasteiger partial charge on any atom is 0.186 e. The first-order valence-corrected chi connectivity index (χ1v) is 5.31. The van der Waals surface area contributed by atoms with Gasteiger partial charge in [0.25, 0.3) is 0 Å². The van der Waals surface area contributed by atoms with E-state index in [4.69, 9.17) is 24.1 Å². The largest absolute Gasteiger partial charge is 0.394 e. The van der Waals surface area contributed by atoms with Crippen molar-refractivity contribution in [1.82, 2.24) is 0 Å². The van der Waals surface area contributed by atoms with Crippen LogP contribution in [0, 0.1) is 0 Å². The third-order valence-corrected chi connectivity index (χ3v) is 2.85. The van der Waals surface area contributed by atoms with Crippen molar-refractivity contribution in [1.29, 1.82) is 0 Å². The molecule has 2 N–H and O–H groups in total. The molecule has 0 aromatic heterocycles. The zero-order valence-electron chi connectivity index (χ0n) is 9.62. The molecule has 6 heteroatoms. The van der Waals surface area contributed by atoms with Gasteiger partial charge in [0.05, 0.1) is 6.61 Å².